The van der Waals surface area contributed by atoms with E-state index < -0.39 is 0 Å². The first-order chi connectivity index (χ1) is 14.6. The predicted molar refractivity (Wildman–Crippen MR) is 125 cm³/mol. The smallest absolute Gasteiger partial charge is 0.262 e. The van der Waals surface area contributed by atoms with Crippen molar-refractivity contribution < 1.29 is 0 Å². The topological polar surface area (TPSA) is 38.1 Å². The van der Waals surface area contributed by atoms with E-state index in [1.807, 2.05) is 4.57 Å². The van der Waals surface area contributed by atoms with Crippen LogP contribution in [0.25, 0.3) is 10.2 Å². The Hall–Kier alpha value is -1.98. The lowest BCUT2D eigenvalue weighted by Crippen LogP contribution is -2.30. The lowest BCUT2D eigenvalue weighted by molar-refractivity contribution is 0.315. The Morgan fingerprint density at radius 1 is 1.00 bits per heavy atom. The third-order valence-corrected chi connectivity index (χ3v) is 7.89. The molecule has 0 radical (unpaired) electrons. The molecule has 0 spiro atoms. The van der Waals surface area contributed by atoms with Crippen LogP contribution < -0.4 is 5.56 Å². The number of likely N-dealkylation sites (tertiary alicyclic amines) is 1. The Morgan fingerprint density at radius 2 is 1.73 bits per heavy atom. The minimum atomic E-state index is 0.168. The second-order valence-corrected chi connectivity index (χ2v) is 10.3. The summed E-state index contributed by atoms with van der Waals surface area (Å²) in [5.74, 6) is 1.45. The summed E-state index contributed by atoms with van der Waals surface area (Å²) in [6, 6.07) is 8.75. The number of hydrogen-bond donors (Lipinski definition) is 0. The summed E-state index contributed by atoms with van der Waals surface area (Å²) in [6.45, 7) is 8.03. The zero-order valence-corrected chi connectivity index (χ0v) is 18.9. The van der Waals surface area contributed by atoms with Crippen LogP contribution in [0.3, 0.4) is 0 Å². The highest BCUT2D eigenvalue weighted by molar-refractivity contribution is 7.18. The second-order valence-electron chi connectivity index (χ2n) is 9.19. The molecule has 3 heterocycles. The lowest BCUT2D eigenvalue weighted by Gasteiger charge is -2.19. The molecule has 1 aliphatic heterocycles. The van der Waals surface area contributed by atoms with Gasteiger partial charge in [-0.15, -0.1) is 11.3 Å². The van der Waals surface area contributed by atoms with Crippen LogP contribution in [0, 0.1) is 0 Å². The fourth-order valence-electron chi connectivity index (χ4n) is 4.90. The first kappa shape index (κ1) is 20.0. The molecule has 1 fully saturated rings. The maximum atomic E-state index is 13.7. The van der Waals surface area contributed by atoms with E-state index in [1.165, 1.54) is 47.3 Å². The second kappa shape index (κ2) is 8.27. The minimum Gasteiger partial charge on any atom is -0.296 e. The summed E-state index contributed by atoms with van der Waals surface area (Å²) in [5.41, 5.74) is 3.97. The normalized spacial score (nSPS) is 17.2. The Bertz CT molecular complexity index is 1100. The SMILES string of the molecule is CC(C)c1ccc(Cn2c(CN3CCCC3)nc3sc4c(c3c2=O)CCCC4)cc1. The maximum Gasteiger partial charge on any atom is 0.262 e. The van der Waals surface area contributed by atoms with Gasteiger partial charge in [0.15, 0.2) is 0 Å². The summed E-state index contributed by atoms with van der Waals surface area (Å²) in [5, 5.41) is 0.902. The van der Waals surface area contributed by atoms with Gasteiger partial charge < -0.3 is 0 Å². The molecule has 1 saturated heterocycles. The van der Waals surface area contributed by atoms with Crippen LogP contribution in [0.5, 0.6) is 0 Å². The molecule has 3 aromatic rings. The van der Waals surface area contributed by atoms with Crippen LogP contribution in [-0.2, 0) is 25.9 Å². The van der Waals surface area contributed by atoms with Crippen molar-refractivity contribution in [3.63, 3.8) is 0 Å². The van der Waals surface area contributed by atoms with Crippen LogP contribution in [-0.4, -0.2) is 27.5 Å². The van der Waals surface area contributed by atoms with Crippen molar-refractivity contribution in [3.05, 3.63) is 62.0 Å². The molecule has 2 aromatic heterocycles. The molecule has 4 nitrogen and oxygen atoms in total. The van der Waals surface area contributed by atoms with E-state index >= 15 is 0 Å². The molecular formula is C25H31N3OS. The van der Waals surface area contributed by atoms with Gasteiger partial charge in [-0.3, -0.25) is 14.3 Å². The highest BCUT2D eigenvalue weighted by Gasteiger charge is 2.23. The van der Waals surface area contributed by atoms with Crippen molar-refractivity contribution in [1.29, 1.82) is 0 Å². The third-order valence-electron chi connectivity index (χ3n) is 6.70. The van der Waals surface area contributed by atoms with E-state index in [0.29, 0.717) is 12.5 Å². The van der Waals surface area contributed by atoms with Crippen LogP contribution >= 0.6 is 11.3 Å². The fourth-order valence-corrected chi connectivity index (χ4v) is 6.17. The summed E-state index contributed by atoms with van der Waals surface area (Å²) < 4.78 is 1.96. The molecule has 5 rings (SSSR count). The van der Waals surface area contributed by atoms with E-state index in [9.17, 15) is 4.79 Å². The van der Waals surface area contributed by atoms with Gasteiger partial charge in [0.05, 0.1) is 18.5 Å². The van der Waals surface area contributed by atoms with Gasteiger partial charge in [-0.25, -0.2) is 4.98 Å². The number of hydrogen-bond acceptors (Lipinski definition) is 4. The van der Waals surface area contributed by atoms with Crippen LogP contribution in [0.2, 0.25) is 0 Å². The fraction of sp³-hybridized carbons (Fsp3) is 0.520. The van der Waals surface area contributed by atoms with Gasteiger partial charge in [0.2, 0.25) is 0 Å². The Morgan fingerprint density at radius 3 is 2.47 bits per heavy atom. The van der Waals surface area contributed by atoms with E-state index in [4.69, 9.17) is 4.98 Å². The van der Waals surface area contributed by atoms with Gasteiger partial charge in [0, 0.05) is 4.88 Å². The van der Waals surface area contributed by atoms with Gasteiger partial charge in [-0.05, 0) is 74.2 Å². The number of rotatable bonds is 5. The van der Waals surface area contributed by atoms with E-state index in [0.717, 1.165) is 48.5 Å². The number of aryl methyl sites for hydroxylation is 2. The van der Waals surface area contributed by atoms with Crippen molar-refractivity contribution >= 4 is 21.6 Å². The zero-order chi connectivity index (χ0) is 20.7. The Balaban J connectivity index is 1.59. The molecule has 1 aliphatic carbocycles. The quantitative estimate of drug-likeness (QED) is 0.575. The zero-order valence-electron chi connectivity index (χ0n) is 18.1. The molecule has 0 N–H and O–H groups in total. The summed E-state index contributed by atoms with van der Waals surface area (Å²) in [6.07, 6.45) is 7.04. The first-order valence-corrected chi connectivity index (χ1v) is 12.3. The van der Waals surface area contributed by atoms with Crippen molar-refractivity contribution in [2.75, 3.05) is 13.1 Å². The standard InChI is InChI=1S/C25H31N3OS/c1-17(2)19-11-9-18(10-12-19)15-28-22(16-27-13-5-6-14-27)26-24-23(25(28)29)20-7-3-4-8-21(20)30-24/h9-12,17H,3-8,13-16H2,1-2H3. The molecule has 0 saturated carbocycles. The monoisotopic (exact) mass is 421 g/mol. The van der Waals surface area contributed by atoms with Gasteiger partial charge in [-0.2, -0.15) is 0 Å². The van der Waals surface area contributed by atoms with Crippen molar-refractivity contribution in [3.8, 4) is 0 Å². The highest BCUT2D eigenvalue weighted by atomic mass is 32.1. The van der Waals surface area contributed by atoms with Gasteiger partial charge >= 0.3 is 0 Å². The summed E-state index contributed by atoms with van der Waals surface area (Å²) in [4.78, 5) is 23.6. The summed E-state index contributed by atoms with van der Waals surface area (Å²) >= 11 is 1.76. The first-order valence-electron chi connectivity index (χ1n) is 11.5. The van der Waals surface area contributed by atoms with Gasteiger partial charge in [0.25, 0.3) is 5.56 Å². The van der Waals surface area contributed by atoms with Crippen molar-refractivity contribution in [1.82, 2.24) is 14.5 Å². The van der Waals surface area contributed by atoms with Crippen molar-refractivity contribution in [2.24, 2.45) is 0 Å². The molecule has 0 amide bonds. The molecule has 30 heavy (non-hydrogen) atoms. The van der Waals surface area contributed by atoms with Crippen molar-refractivity contribution in [2.45, 2.75) is 71.4 Å². The maximum absolute atomic E-state index is 13.7. The van der Waals surface area contributed by atoms with E-state index in [2.05, 4.69) is 43.0 Å². The number of benzene rings is 1. The van der Waals surface area contributed by atoms with Crippen LogP contribution in [0.4, 0.5) is 0 Å². The molecule has 2 aliphatic rings. The largest absolute Gasteiger partial charge is 0.296 e. The predicted octanol–water partition coefficient (Wildman–Crippen LogP) is 5.10. The molecule has 0 bridgehead atoms. The van der Waals surface area contributed by atoms with E-state index in [1.54, 1.807) is 11.3 Å². The lowest BCUT2D eigenvalue weighted by atomic mass is 9.97. The highest BCUT2D eigenvalue weighted by Crippen LogP contribution is 2.34. The number of aromatic nitrogens is 2. The Kier molecular flexibility index (Phi) is 5.50. The molecule has 0 atom stereocenters. The minimum absolute atomic E-state index is 0.168. The Labute approximate surface area is 182 Å². The molecule has 1 aromatic carbocycles. The molecule has 0 unspecified atom stereocenters. The van der Waals surface area contributed by atoms with Crippen LogP contribution in [0.1, 0.15) is 72.8 Å². The number of fused-ring (bicyclic) bond motifs is 3. The average Bonchev–Trinajstić information content (AvgIpc) is 3.38. The molecule has 158 valence electrons. The number of thiophene rings is 1. The molecular weight excluding hydrogens is 390 g/mol. The molecule has 5 heteroatoms. The summed E-state index contributed by atoms with van der Waals surface area (Å²) in [7, 11) is 0. The van der Waals surface area contributed by atoms with Gasteiger partial charge in [0.1, 0.15) is 10.7 Å². The van der Waals surface area contributed by atoms with Gasteiger partial charge in [-0.1, -0.05) is 38.1 Å². The van der Waals surface area contributed by atoms with Crippen LogP contribution in [0.15, 0.2) is 29.1 Å². The van der Waals surface area contributed by atoms with E-state index in [-0.39, 0.29) is 5.56 Å². The number of nitrogens with zero attached hydrogens (tertiary/aromatic N) is 3. The third kappa shape index (κ3) is 3.74. The average molecular weight is 422 g/mol.